The third kappa shape index (κ3) is 3.45. The lowest BCUT2D eigenvalue weighted by atomic mass is 10.1. The molecule has 0 radical (unpaired) electrons. The molecule has 1 aromatic carbocycles. The van der Waals surface area contributed by atoms with Crippen molar-refractivity contribution in [1.82, 2.24) is 4.98 Å². The van der Waals surface area contributed by atoms with Crippen LogP contribution in [-0.4, -0.2) is 4.98 Å². The van der Waals surface area contributed by atoms with Crippen molar-refractivity contribution in [1.29, 1.82) is 0 Å². The molecule has 0 spiro atoms. The molecule has 2 nitrogen and oxygen atoms in total. The molecule has 88 valence electrons. The van der Waals surface area contributed by atoms with Gasteiger partial charge in [-0.05, 0) is 52.7 Å². The van der Waals surface area contributed by atoms with Crippen molar-refractivity contribution in [3.05, 3.63) is 57.8 Å². The molecule has 4 heteroatoms. The molecule has 0 fully saturated rings. The molecule has 1 aromatic heterocycles. The standard InChI is InChI=1S/C13H12BrClN2/c1-9(10-3-2-4-11(15)7-10)17-12-5-6-13(14)16-8-12/h2-9,17H,1H3. The Morgan fingerprint density at radius 3 is 2.76 bits per heavy atom. The zero-order valence-electron chi connectivity index (χ0n) is 9.32. The summed E-state index contributed by atoms with van der Waals surface area (Å²) in [6, 6.07) is 11.9. The molecule has 0 bridgehead atoms. The van der Waals surface area contributed by atoms with Gasteiger partial charge in [-0.1, -0.05) is 23.7 Å². The molecular formula is C13H12BrClN2. The highest BCUT2D eigenvalue weighted by Gasteiger charge is 2.05. The second-order valence-electron chi connectivity index (χ2n) is 3.79. The van der Waals surface area contributed by atoms with Crippen LogP contribution in [0.4, 0.5) is 5.69 Å². The molecule has 2 aromatic rings. The Hall–Kier alpha value is -1.06. The summed E-state index contributed by atoms with van der Waals surface area (Å²) >= 11 is 9.28. The number of nitrogens with zero attached hydrogens (tertiary/aromatic N) is 1. The minimum Gasteiger partial charge on any atom is -0.377 e. The minimum atomic E-state index is 0.191. The first-order chi connectivity index (χ1) is 8.15. The Labute approximate surface area is 114 Å². The largest absolute Gasteiger partial charge is 0.377 e. The van der Waals surface area contributed by atoms with Gasteiger partial charge in [0.15, 0.2) is 0 Å². The van der Waals surface area contributed by atoms with E-state index in [1.165, 1.54) is 0 Å². The van der Waals surface area contributed by atoms with Crippen molar-refractivity contribution in [3.63, 3.8) is 0 Å². The van der Waals surface area contributed by atoms with Crippen LogP contribution in [0.2, 0.25) is 5.02 Å². The Morgan fingerprint density at radius 1 is 1.29 bits per heavy atom. The number of halogens is 2. The summed E-state index contributed by atoms with van der Waals surface area (Å²) in [4.78, 5) is 4.17. The molecule has 1 unspecified atom stereocenters. The molecule has 17 heavy (non-hydrogen) atoms. The Bertz CT molecular complexity index is 499. The predicted octanol–water partition coefficient (Wildman–Crippen LogP) is 4.67. The fourth-order valence-electron chi connectivity index (χ4n) is 1.57. The maximum absolute atomic E-state index is 5.97. The smallest absolute Gasteiger partial charge is 0.106 e. The van der Waals surface area contributed by atoms with E-state index in [-0.39, 0.29) is 6.04 Å². The minimum absolute atomic E-state index is 0.191. The second kappa shape index (κ2) is 5.52. The number of rotatable bonds is 3. The van der Waals surface area contributed by atoms with E-state index in [0.717, 1.165) is 20.9 Å². The normalized spacial score (nSPS) is 12.2. The van der Waals surface area contributed by atoms with Gasteiger partial charge in [-0.25, -0.2) is 4.98 Å². The number of anilines is 1. The van der Waals surface area contributed by atoms with E-state index in [0.29, 0.717) is 0 Å². The second-order valence-corrected chi connectivity index (χ2v) is 5.04. The van der Waals surface area contributed by atoms with Crippen LogP contribution in [-0.2, 0) is 0 Å². The fraction of sp³-hybridized carbons (Fsp3) is 0.154. The lowest BCUT2D eigenvalue weighted by molar-refractivity contribution is 0.882. The molecule has 0 saturated carbocycles. The van der Waals surface area contributed by atoms with Gasteiger partial charge in [0.05, 0.1) is 11.9 Å². The topological polar surface area (TPSA) is 24.9 Å². The summed E-state index contributed by atoms with van der Waals surface area (Å²) in [6.45, 7) is 2.09. The molecular weight excluding hydrogens is 300 g/mol. The van der Waals surface area contributed by atoms with Gasteiger partial charge in [-0.15, -0.1) is 0 Å². The van der Waals surface area contributed by atoms with E-state index in [2.05, 4.69) is 39.2 Å². The molecule has 2 rings (SSSR count). The average molecular weight is 312 g/mol. The number of hydrogen-bond acceptors (Lipinski definition) is 2. The zero-order chi connectivity index (χ0) is 12.3. The molecule has 0 aliphatic rings. The van der Waals surface area contributed by atoms with E-state index >= 15 is 0 Å². The van der Waals surface area contributed by atoms with E-state index < -0.39 is 0 Å². The number of benzene rings is 1. The molecule has 1 atom stereocenters. The van der Waals surface area contributed by atoms with Crippen LogP contribution in [0.1, 0.15) is 18.5 Å². The highest BCUT2D eigenvalue weighted by atomic mass is 79.9. The molecule has 0 aliphatic heterocycles. The van der Waals surface area contributed by atoms with E-state index in [9.17, 15) is 0 Å². The van der Waals surface area contributed by atoms with Crippen molar-refractivity contribution in [3.8, 4) is 0 Å². The molecule has 1 heterocycles. The van der Waals surface area contributed by atoms with Gasteiger partial charge >= 0.3 is 0 Å². The maximum Gasteiger partial charge on any atom is 0.106 e. The molecule has 0 saturated heterocycles. The fourth-order valence-corrected chi connectivity index (χ4v) is 2.00. The van der Waals surface area contributed by atoms with Gasteiger partial charge in [0.2, 0.25) is 0 Å². The quantitative estimate of drug-likeness (QED) is 0.833. The first-order valence-corrected chi connectivity index (χ1v) is 6.46. The highest BCUT2D eigenvalue weighted by Crippen LogP contribution is 2.21. The number of aromatic nitrogens is 1. The predicted molar refractivity (Wildman–Crippen MR) is 75.4 cm³/mol. The Balaban J connectivity index is 2.11. The van der Waals surface area contributed by atoms with Gasteiger partial charge in [0.1, 0.15) is 4.60 Å². The number of pyridine rings is 1. The van der Waals surface area contributed by atoms with Crippen LogP contribution < -0.4 is 5.32 Å². The molecule has 1 N–H and O–H groups in total. The van der Waals surface area contributed by atoms with Crippen LogP contribution in [0.25, 0.3) is 0 Å². The van der Waals surface area contributed by atoms with Crippen molar-refractivity contribution in [2.45, 2.75) is 13.0 Å². The van der Waals surface area contributed by atoms with Gasteiger partial charge in [0, 0.05) is 11.1 Å². The molecule has 0 aliphatic carbocycles. The van der Waals surface area contributed by atoms with Gasteiger partial charge < -0.3 is 5.32 Å². The van der Waals surface area contributed by atoms with Crippen LogP contribution in [0.5, 0.6) is 0 Å². The first-order valence-electron chi connectivity index (χ1n) is 5.29. The maximum atomic E-state index is 5.97. The zero-order valence-corrected chi connectivity index (χ0v) is 11.7. The van der Waals surface area contributed by atoms with Crippen LogP contribution in [0.3, 0.4) is 0 Å². The van der Waals surface area contributed by atoms with E-state index in [4.69, 9.17) is 11.6 Å². The van der Waals surface area contributed by atoms with Crippen molar-refractivity contribution < 1.29 is 0 Å². The molecule has 0 amide bonds. The summed E-state index contributed by atoms with van der Waals surface area (Å²) in [5.41, 5.74) is 2.14. The van der Waals surface area contributed by atoms with E-state index in [1.54, 1.807) is 6.20 Å². The Morgan fingerprint density at radius 2 is 2.12 bits per heavy atom. The van der Waals surface area contributed by atoms with Crippen molar-refractivity contribution in [2.75, 3.05) is 5.32 Å². The summed E-state index contributed by atoms with van der Waals surface area (Å²) in [5, 5.41) is 4.13. The first kappa shape index (κ1) is 12.4. The highest BCUT2D eigenvalue weighted by molar-refractivity contribution is 9.10. The summed E-state index contributed by atoms with van der Waals surface area (Å²) in [7, 11) is 0. The SMILES string of the molecule is CC(Nc1ccc(Br)nc1)c1cccc(Cl)c1. The van der Waals surface area contributed by atoms with Crippen LogP contribution >= 0.6 is 27.5 Å². The van der Waals surface area contributed by atoms with Crippen molar-refractivity contribution >= 4 is 33.2 Å². The summed E-state index contributed by atoms with van der Waals surface area (Å²) in [5.74, 6) is 0. The Kier molecular flexibility index (Phi) is 4.02. The van der Waals surface area contributed by atoms with Crippen LogP contribution in [0.15, 0.2) is 47.2 Å². The number of nitrogens with one attached hydrogen (secondary N) is 1. The summed E-state index contributed by atoms with van der Waals surface area (Å²) in [6.07, 6.45) is 1.80. The summed E-state index contributed by atoms with van der Waals surface area (Å²) < 4.78 is 0.832. The van der Waals surface area contributed by atoms with Crippen molar-refractivity contribution in [2.24, 2.45) is 0 Å². The van der Waals surface area contributed by atoms with Gasteiger partial charge in [-0.2, -0.15) is 0 Å². The average Bonchev–Trinajstić information content (AvgIpc) is 2.32. The van der Waals surface area contributed by atoms with Crippen LogP contribution in [0, 0.1) is 0 Å². The lowest BCUT2D eigenvalue weighted by Gasteiger charge is -2.15. The third-order valence-corrected chi connectivity index (χ3v) is 3.16. The lowest BCUT2D eigenvalue weighted by Crippen LogP contribution is -2.06. The third-order valence-electron chi connectivity index (χ3n) is 2.46. The van der Waals surface area contributed by atoms with E-state index in [1.807, 2.05) is 30.3 Å². The number of hydrogen-bond donors (Lipinski definition) is 1. The van der Waals surface area contributed by atoms with Gasteiger partial charge in [-0.3, -0.25) is 0 Å². The monoisotopic (exact) mass is 310 g/mol. The van der Waals surface area contributed by atoms with Gasteiger partial charge in [0.25, 0.3) is 0 Å².